The summed E-state index contributed by atoms with van der Waals surface area (Å²) in [5.74, 6) is 1.80. The molecule has 2 aliphatic rings. The average molecular weight is 219 g/mol. The van der Waals surface area contributed by atoms with Gasteiger partial charge in [0.15, 0.2) is 5.95 Å². The van der Waals surface area contributed by atoms with Crippen molar-refractivity contribution in [3.8, 4) is 0 Å². The van der Waals surface area contributed by atoms with Gasteiger partial charge in [-0.3, -0.25) is 0 Å². The predicted octanol–water partition coefficient (Wildman–Crippen LogP) is 3.04. The Labute approximate surface area is 97.0 Å². The molecule has 3 atom stereocenters. The average Bonchev–Trinajstić information content (AvgIpc) is 2.85. The molecule has 1 heterocycles. The number of fused-ring (bicyclic) bond motifs is 2. The van der Waals surface area contributed by atoms with Crippen LogP contribution in [0, 0.1) is 16.7 Å². The number of rotatable bonds is 2. The SMILES string of the molecule is CC12CCC(C1)C(C)(C)C2Nc1ncc[nH]1. The fraction of sp³-hybridized carbons (Fsp3) is 0.769. The number of nitrogens with zero attached hydrogens (tertiary/aromatic N) is 1. The van der Waals surface area contributed by atoms with Crippen molar-refractivity contribution in [2.24, 2.45) is 16.7 Å². The summed E-state index contributed by atoms with van der Waals surface area (Å²) in [5.41, 5.74) is 0.848. The lowest BCUT2D eigenvalue weighted by Crippen LogP contribution is -2.46. The first kappa shape index (κ1) is 10.2. The molecule has 1 aromatic heterocycles. The normalized spacial score (nSPS) is 40.2. The molecule has 3 nitrogen and oxygen atoms in total. The van der Waals surface area contributed by atoms with E-state index in [4.69, 9.17) is 0 Å². The minimum atomic E-state index is 0.389. The smallest absolute Gasteiger partial charge is 0.200 e. The van der Waals surface area contributed by atoms with E-state index < -0.39 is 0 Å². The fourth-order valence-electron chi connectivity index (χ4n) is 4.14. The first-order chi connectivity index (χ1) is 7.52. The van der Waals surface area contributed by atoms with Gasteiger partial charge in [-0.15, -0.1) is 0 Å². The second kappa shape index (κ2) is 3.02. The maximum atomic E-state index is 4.29. The van der Waals surface area contributed by atoms with Crippen LogP contribution in [-0.4, -0.2) is 16.0 Å². The van der Waals surface area contributed by atoms with Crippen LogP contribution in [0.1, 0.15) is 40.0 Å². The Hall–Kier alpha value is -0.990. The van der Waals surface area contributed by atoms with Gasteiger partial charge >= 0.3 is 0 Å². The largest absolute Gasteiger partial charge is 0.352 e. The number of H-pyrrole nitrogens is 1. The van der Waals surface area contributed by atoms with E-state index in [-0.39, 0.29) is 0 Å². The third-order valence-corrected chi connectivity index (χ3v) is 5.05. The van der Waals surface area contributed by atoms with E-state index in [9.17, 15) is 0 Å². The summed E-state index contributed by atoms with van der Waals surface area (Å²) < 4.78 is 0. The number of imidazole rings is 1. The Balaban J connectivity index is 1.88. The van der Waals surface area contributed by atoms with Crippen molar-refractivity contribution < 1.29 is 0 Å². The van der Waals surface area contributed by atoms with Gasteiger partial charge in [0.2, 0.25) is 0 Å². The third-order valence-electron chi connectivity index (χ3n) is 5.05. The lowest BCUT2D eigenvalue weighted by molar-refractivity contribution is 0.155. The molecule has 3 heteroatoms. The van der Waals surface area contributed by atoms with Gasteiger partial charge in [-0.2, -0.15) is 0 Å². The number of aromatic nitrogens is 2. The molecular formula is C13H21N3. The number of nitrogens with one attached hydrogen (secondary N) is 2. The predicted molar refractivity (Wildman–Crippen MR) is 65.2 cm³/mol. The molecule has 88 valence electrons. The van der Waals surface area contributed by atoms with E-state index in [2.05, 4.69) is 36.1 Å². The van der Waals surface area contributed by atoms with Crippen LogP contribution in [0.4, 0.5) is 5.95 Å². The molecule has 3 rings (SSSR count). The quantitative estimate of drug-likeness (QED) is 0.802. The van der Waals surface area contributed by atoms with E-state index in [1.807, 2.05) is 12.4 Å². The Morgan fingerprint density at radius 3 is 2.81 bits per heavy atom. The first-order valence-corrected chi connectivity index (χ1v) is 6.28. The Morgan fingerprint density at radius 1 is 1.44 bits per heavy atom. The molecular weight excluding hydrogens is 198 g/mol. The lowest BCUT2D eigenvalue weighted by Gasteiger charge is -2.43. The third kappa shape index (κ3) is 1.23. The van der Waals surface area contributed by atoms with Crippen LogP contribution in [0.2, 0.25) is 0 Å². The van der Waals surface area contributed by atoms with Crippen molar-refractivity contribution in [2.75, 3.05) is 5.32 Å². The molecule has 2 aliphatic carbocycles. The van der Waals surface area contributed by atoms with Gasteiger partial charge in [0.1, 0.15) is 0 Å². The maximum absolute atomic E-state index is 4.29. The highest BCUT2D eigenvalue weighted by Gasteiger charge is 2.59. The minimum Gasteiger partial charge on any atom is -0.352 e. The van der Waals surface area contributed by atoms with Crippen LogP contribution in [0.3, 0.4) is 0 Å². The van der Waals surface area contributed by atoms with Crippen molar-refractivity contribution >= 4 is 5.95 Å². The molecule has 3 unspecified atom stereocenters. The summed E-state index contributed by atoms with van der Waals surface area (Å²) in [6.45, 7) is 7.24. The summed E-state index contributed by atoms with van der Waals surface area (Å²) >= 11 is 0. The van der Waals surface area contributed by atoms with Gasteiger partial charge in [0, 0.05) is 18.4 Å². The molecule has 2 saturated carbocycles. The lowest BCUT2D eigenvalue weighted by atomic mass is 9.68. The van der Waals surface area contributed by atoms with Crippen molar-refractivity contribution in [2.45, 2.75) is 46.1 Å². The number of anilines is 1. The molecule has 0 saturated heterocycles. The molecule has 0 aliphatic heterocycles. The number of hydrogen-bond donors (Lipinski definition) is 2. The van der Waals surface area contributed by atoms with Gasteiger partial charge in [0.05, 0.1) is 0 Å². The first-order valence-electron chi connectivity index (χ1n) is 6.28. The molecule has 1 aromatic rings. The zero-order valence-corrected chi connectivity index (χ0v) is 10.4. The molecule has 0 radical (unpaired) electrons. The summed E-state index contributed by atoms with van der Waals surface area (Å²) in [4.78, 5) is 7.45. The van der Waals surface area contributed by atoms with E-state index in [0.717, 1.165) is 11.9 Å². The van der Waals surface area contributed by atoms with Crippen molar-refractivity contribution in [1.82, 2.24) is 9.97 Å². The number of hydrogen-bond acceptors (Lipinski definition) is 2. The molecule has 2 bridgehead atoms. The van der Waals surface area contributed by atoms with Crippen molar-refractivity contribution in [3.05, 3.63) is 12.4 Å². The molecule has 2 fully saturated rings. The summed E-state index contributed by atoms with van der Waals surface area (Å²) in [6, 6.07) is 0.546. The van der Waals surface area contributed by atoms with Crippen LogP contribution in [0.25, 0.3) is 0 Å². The maximum Gasteiger partial charge on any atom is 0.200 e. The number of aromatic amines is 1. The van der Waals surface area contributed by atoms with Gasteiger partial charge in [-0.25, -0.2) is 4.98 Å². The Morgan fingerprint density at radius 2 is 2.25 bits per heavy atom. The van der Waals surface area contributed by atoms with E-state index in [1.165, 1.54) is 19.3 Å². The Kier molecular flexibility index (Phi) is 1.92. The van der Waals surface area contributed by atoms with E-state index >= 15 is 0 Å². The zero-order chi connectivity index (χ0) is 11.4. The molecule has 2 N–H and O–H groups in total. The van der Waals surface area contributed by atoms with Crippen LogP contribution in [0.15, 0.2) is 12.4 Å². The van der Waals surface area contributed by atoms with E-state index in [1.54, 1.807) is 0 Å². The Bertz CT molecular complexity index is 377. The highest BCUT2D eigenvalue weighted by atomic mass is 15.1. The topological polar surface area (TPSA) is 40.7 Å². The zero-order valence-electron chi connectivity index (χ0n) is 10.4. The van der Waals surface area contributed by atoms with Crippen LogP contribution in [0.5, 0.6) is 0 Å². The minimum absolute atomic E-state index is 0.389. The van der Waals surface area contributed by atoms with Crippen LogP contribution in [-0.2, 0) is 0 Å². The monoisotopic (exact) mass is 219 g/mol. The molecule has 0 amide bonds. The standard InChI is InChI=1S/C13H21N3/c1-12(2)9-4-5-13(3,8-9)10(12)16-11-14-6-7-15-11/h6-7,9-10H,4-5,8H2,1-3H3,(H2,14,15,16). The highest BCUT2D eigenvalue weighted by molar-refractivity contribution is 5.31. The van der Waals surface area contributed by atoms with Crippen molar-refractivity contribution in [3.63, 3.8) is 0 Å². The van der Waals surface area contributed by atoms with Gasteiger partial charge in [0.25, 0.3) is 0 Å². The molecule has 16 heavy (non-hydrogen) atoms. The summed E-state index contributed by atoms with van der Waals surface area (Å²) in [5, 5.41) is 3.62. The van der Waals surface area contributed by atoms with Crippen LogP contribution >= 0.6 is 0 Å². The summed E-state index contributed by atoms with van der Waals surface area (Å²) in [6.07, 6.45) is 7.83. The highest BCUT2D eigenvalue weighted by Crippen LogP contribution is 2.62. The molecule has 0 aromatic carbocycles. The van der Waals surface area contributed by atoms with Crippen molar-refractivity contribution in [1.29, 1.82) is 0 Å². The molecule has 0 spiro atoms. The van der Waals surface area contributed by atoms with Gasteiger partial charge < -0.3 is 10.3 Å². The van der Waals surface area contributed by atoms with Crippen LogP contribution < -0.4 is 5.32 Å². The van der Waals surface area contributed by atoms with Gasteiger partial charge in [-0.05, 0) is 36.0 Å². The second-order valence-electron chi connectivity index (χ2n) is 6.43. The van der Waals surface area contributed by atoms with Gasteiger partial charge in [-0.1, -0.05) is 20.8 Å². The second-order valence-corrected chi connectivity index (χ2v) is 6.43. The fourth-order valence-corrected chi connectivity index (χ4v) is 4.14. The summed E-state index contributed by atoms with van der Waals surface area (Å²) in [7, 11) is 0. The van der Waals surface area contributed by atoms with E-state index in [0.29, 0.717) is 16.9 Å².